The highest BCUT2D eigenvalue weighted by Crippen LogP contribution is 2.46. The Kier molecular flexibility index (Phi) is 12.6. The van der Waals surface area contributed by atoms with Crippen LogP contribution >= 0.6 is 0 Å². The fourth-order valence-corrected chi connectivity index (χ4v) is 13.0. The zero-order valence-corrected chi connectivity index (χ0v) is 48.5. The van der Waals surface area contributed by atoms with Crippen molar-refractivity contribution in [2.45, 2.75) is 55.4 Å². The number of aromatic nitrogens is 5. The highest BCUT2D eigenvalue weighted by molar-refractivity contribution is 6.14. The minimum Gasteiger partial charge on any atom is -0.308 e. The lowest BCUT2D eigenvalue weighted by molar-refractivity contribution is 1.05. The Morgan fingerprint density at radius 1 is 0.274 bits per heavy atom. The first-order valence-corrected chi connectivity index (χ1v) is 28.8. The molecule has 0 aliphatic rings. The number of aryl methyl sites for hydroxylation is 8. The molecule has 0 N–H and O–H groups in total. The Balaban J connectivity index is 1.14. The lowest BCUT2D eigenvalue weighted by Gasteiger charge is -2.21. The Morgan fingerprint density at radius 3 is 0.821 bits per heavy atom. The lowest BCUT2D eigenvalue weighted by atomic mass is 9.97. The molecular weight excluding hydrogens is 1020 g/mol. The molecule has 84 heavy (non-hydrogen) atoms. The summed E-state index contributed by atoms with van der Waals surface area (Å²) in [6.45, 7) is 17.3. The molecule has 14 aromatic rings. The molecular formula is C78H60N6. The molecule has 3 heterocycles. The first-order valence-electron chi connectivity index (χ1n) is 28.8. The van der Waals surface area contributed by atoms with E-state index in [0.717, 1.165) is 116 Å². The largest absolute Gasteiger partial charge is 0.308 e. The van der Waals surface area contributed by atoms with Crippen LogP contribution < -0.4 is 0 Å². The standard InChI is InChI=1S/C78H60N6/c1-46-27-47(2)32-61(31-46)57-19-23-69-65(41-57)66-42-58(62-33-48(3)28-49(4)34-62)20-24-70(66)83(69)73-39-54(45-79)40-74(75(73)78-81-76(55-15-11-9-12-16-55)80-77(82-78)56-17-13-10-14-18-56)84-71-25-21-59(63-35-50(5)29-51(6)36-63)43-67(71)68-44-60(22-26-72(68)84)64-37-52(7)30-53(8)38-64/h9-44H,1-8H3. The summed E-state index contributed by atoms with van der Waals surface area (Å²) in [6.07, 6.45) is 0. The van der Waals surface area contributed by atoms with Gasteiger partial charge in [0.25, 0.3) is 0 Å². The van der Waals surface area contributed by atoms with Crippen molar-refractivity contribution in [2.24, 2.45) is 0 Å². The molecule has 6 nitrogen and oxygen atoms in total. The normalized spacial score (nSPS) is 11.6. The predicted molar refractivity (Wildman–Crippen MR) is 349 cm³/mol. The summed E-state index contributed by atoms with van der Waals surface area (Å²) < 4.78 is 4.69. The molecule has 0 saturated heterocycles. The van der Waals surface area contributed by atoms with Crippen LogP contribution in [-0.2, 0) is 0 Å². The molecule has 0 spiro atoms. The fraction of sp³-hybridized carbons (Fsp3) is 0.103. The van der Waals surface area contributed by atoms with Gasteiger partial charge in [0, 0.05) is 32.7 Å². The first kappa shape index (κ1) is 51.7. The summed E-state index contributed by atoms with van der Waals surface area (Å²) in [5.41, 5.74) is 27.3. The van der Waals surface area contributed by atoms with Crippen LogP contribution in [-0.4, -0.2) is 24.1 Å². The summed E-state index contributed by atoms with van der Waals surface area (Å²) in [5.74, 6) is 1.55. The van der Waals surface area contributed by atoms with Crippen molar-refractivity contribution in [3.63, 3.8) is 0 Å². The van der Waals surface area contributed by atoms with E-state index >= 15 is 0 Å². The average Bonchev–Trinajstić information content (AvgIpc) is 1.79. The number of hydrogen-bond donors (Lipinski definition) is 0. The smallest absolute Gasteiger partial charge is 0.168 e. The number of hydrogen-bond acceptors (Lipinski definition) is 4. The van der Waals surface area contributed by atoms with Crippen LogP contribution in [0.2, 0.25) is 0 Å². The summed E-state index contributed by atoms with van der Waals surface area (Å²) in [4.78, 5) is 16.4. The Morgan fingerprint density at radius 2 is 0.548 bits per heavy atom. The number of fused-ring (bicyclic) bond motifs is 6. The third-order valence-corrected chi connectivity index (χ3v) is 16.4. The Labute approximate surface area is 490 Å². The van der Waals surface area contributed by atoms with Gasteiger partial charge in [-0.25, -0.2) is 15.0 Å². The van der Waals surface area contributed by atoms with Gasteiger partial charge in [0.15, 0.2) is 17.5 Å². The second kappa shape index (κ2) is 20.5. The molecule has 6 heteroatoms. The predicted octanol–water partition coefficient (Wildman–Crippen LogP) is 20.1. The number of benzene rings is 11. The molecule has 0 amide bonds. The fourth-order valence-electron chi connectivity index (χ4n) is 13.0. The van der Waals surface area contributed by atoms with Gasteiger partial charge >= 0.3 is 0 Å². The van der Waals surface area contributed by atoms with E-state index in [4.69, 9.17) is 15.0 Å². The molecule has 0 bridgehead atoms. The van der Waals surface area contributed by atoms with E-state index in [9.17, 15) is 5.26 Å². The van der Waals surface area contributed by atoms with Crippen LogP contribution in [0.5, 0.6) is 0 Å². The van der Waals surface area contributed by atoms with E-state index in [1.54, 1.807) is 0 Å². The molecule has 0 aliphatic heterocycles. The SMILES string of the molecule is Cc1cc(C)cc(-c2ccc3c(c2)c2cc(-c4cc(C)cc(C)c4)ccc2n3-c2cc(C#N)cc(-n3c4ccc(-c5cc(C)cc(C)c5)cc4c4cc(-c5cc(C)cc(C)c5)ccc43)c2-c2nc(-c3ccccc3)nc(-c3ccccc3)n2)c1. The molecule has 0 radical (unpaired) electrons. The Hall–Kier alpha value is -10.5. The van der Waals surface area contributed by atoms with Crippen LogP contribution in [0.15, 0.2) is 218 Å². The van der Waals surface area contributed by atoms with E-state index in [2.05, 4.69) is 240 Å². The highest BCUT2D eigenvalue weighted by atomic mass is 15.1. The molecule has 11 aromatic carbocycles. The average molecular weight is 1080 g/mol. The quantitative estimate of drug-likeness (QED) is 0.144. The van der Waals surface area contributed by atoms with Crippen LogP contribution in [0.4, 0.5) is 0 Å². The number of nitrogens with zero attached hydrogens (tertiary/aromatic N) is 6. The van der Waals surface area contributed by atoms with Crippen molar-refractivity contribution < 1.29 is 0 Å². The molecule has 0 aliphatic carbocycles. The molecule has 0 unspecified atom stereocenters. The van der Waals surface area contributed by atoms with Gasteiger partial charge < -0.3 is 9.13 Å². The maximum atomic E-state index is 11.5. The van der Waals surface area contributed by atoms with Gasteiger partial charge in [-0.15, -0.1) is 0 Å². The van der Waals surface area contributed by atoms with E-state index < -0.39 is 0 Å². The van der Waals surface area contributed by atoms with Crippen LogP contribution in [0, 0.1) is 66.7 Å². The summed E-state index contributed by atoms with van der Waals surface area (Å²) in [5, 5.41) is 15.8. The van der Waals surface area contributed by atoms with Crippen molar-refractivity contribution in [3.8, 4) is 96.1 Å². The molecule has 402 valence electrons. The third kappa shape index (κ3) is 9.30. The van der Waals surface area contributed by atoms with E-state index in [0.29, 0.717) is 23.0 Å². The zero-order chi connectivity index (χ0) is 57.5. The van der Waals surface area contributed by atoms with Crippen LogP contribution in [0.3, 0.4) is 0 Å². The van der Waals surface area contributed by atoms with Gasteiger partial charge in [-0.3, -0.25) is 0 Å². The van der Waals surface area contributed by atoms with Crippen LogP contribution in [0.1, 0.15) is 50.1 Å². The van der Waals surface area contributed by atoms with Crippen molar-refractivity contribution in [1.29, 1.82) is 5.26 Å². The second-order valence-electron chi connectivity index (χ2n) is 23.1. The monoisotopic (exact) mass is 1080 g/mol. The van der Waals surface area contributed by atoms with Crippen molar-refractivity contribution in [1.82, 2.24) is 24.1 Å². The lowest BCUT2D eigenvalue weighted by Crippen LogP contribution is -2.08. The molecule has 14 rings (SSSR count). The van der Waals surface area contributed by atoms with Gasteiger partial charge in [-0.1, -0.05) is 202 Å². The van der Waals surface area contributed by atoms with Gasteiger partial charge in [-0.2, -0.15) is 5.26 Å². The van der Waals surface area contributed by atoms with E-state index in [-0.39, 0.29) is 0 Å². The first-order chi connectivity index (χ1) is 40.8. The minimum atomic E-state index is 0.472. The summed E-state index contributed by atoms with van der Waals surface area (Å²) in [7, 11) is 0. The van der Waals surface area contributed by atoms with Crippen LogP contribution in [0.25, 0.3) is 134 Å². The molecule has 3 aromatic heterocycles. The minimum absolute atomic E-state index is 0.472. The van der Waals surface area contributed by atoms with Crippen molar-refractivity contribution in [3.05, 3.63) is 268 Å². The third-order valence-electron chi connectivity index (χ3n) is 16.4. The zero-order valence-electron chi connectivity index (χ0n) is 48.5. The maximum Gasteiger partial charge on any atom is 0.168 e. The van der Waals surface area contributed by atoms with Gasteiger partial charge in [-0.05, 0) is 161 Å². The van der Waals surface area contributed by atoms with Gasteiger partial charge in [0.2, 0.25) is 0 Å². The van der Waals surface area contributed by atoms with E-state index in [1.807, 2.05) is 48.5 Å². The van der Waals surface area contributed by atoms with Gasteiger partial charge in [0.1, 0.15) is 0 Å². The molecule has 0 fully saturated rings. The summed E-state index contributed by atoms with van der Waals surface area (Å²) in [6, 6.07) is 81.5. The molecule has 0 saturated carbocycles. The number of nitriles is 1. The summed E-state index contributed by atoms with van der Waals surface area (Å²) >= 11 is 0. The second-order valence-corrected chi connectivity index (χ2v) is 23.1. The van der Waals surface area contributed by atoms with E-state index in [1.165, 1.54) is 44.5 Å². The Bertz CT molecular complexity index is 4450. The highest BCUT2D eigenvalue weighted by Gasteiger charge is 2.27. The van der Waals surface area contributed by atoms with Gasteiger partial charge in [0.05, 0.1) is 50.6 Å². The maximum absolute atomic E-state index is 11.5. The molecule has 0 atom stereocenters. The van der Waals surface area contributed by atoms with Crippen molar-refractivity contribution in [2.75, 3.05) is 0 Å². The van der Waals surface area contributed by atoms with Crippen molar-refractivity contribution >= 4 is 43.6 Å². The number of rotatable bonds is 9. The topological polar surface area (TPSA) is 72.3 Å².